The maximum atomic E-state index is 13.2. The highest BCUT2D eigenvalue weighted by Crippen LogP contribution is 2.28. The highest BCUT2D eigenvalue weighted by molar-refractivity contribution is 6.00. The number of amides is 1. The number of aromatic amines is 1. The zero-order valence-electron chi connectivity index (χ0n) is 17.1. The molecule has 6 heteroatoms. The first kappa shape index (κ1) is 18.3. The number of aromatic nitrogens is 3. The van der Waals surface area contributed by atoms with Crippen molar-refractivity contribution in [1.29, 1.82) is 0 Å². The molecule has 6 nitrogen and oxygen atoms in total. The molecule has 1 saturated heterocycles. The van der Waals surface area contributed by atoms with Gasteiger partial charge in [0, 0.05) is 48.1 Å². The Kier molecular flexibility index (Phi) is 4.59. The molecule has 0 aliphatic carbocycles. The van der Waals surface area contributed by atoms with Gasteiger partial charge < -0.3 is 14.8 Å². The number of carbonyl (C=O) groups excluding carboxylic acids is 1. The molecule has 1 aromatic carbocycles. The van der Waals surface area contributed by atoms with E-state index in [9.17, 15) is 4.79 Å². The Hall–Kier alpha value is -2.73. The van der Waals surface area contributed by atoms with Crippen molar-refractivity contribution in [1.82, 2.24) is 24.8 Å². The number of nitrogens with one attached hydrogen (secondary N) is 1. The van der Waals surface area contributed by atoms with E-state index in [-0.39, 0.29) is 5.91 Å². The van der Waals surface area contributed by atoms with Crippen LogP contribution in [0.3, 0.4) is 0 Å². The molecule has 5 rings (SSSR count). The Morgan fingerprint density at radius 1 is 1.17 bits per heavy atom. The summed E-state index contributed by atoms with van der Waals surface area (Å²) in [5, 5.41) is 1.11. The van der Waals surface area contributed by atoms with E-state index in [0.29, 0.717) is 24.7 Å². The second kappa shape index (κ2) is 7.26. The molecule has 29 heavy (non-hydrogen) atoms. The Labute approximate surface area is 171 Å². The summed E-state index contributed by atoms with van der Waals surface area (Å²) in [5.41, 5.74) is 4.92. The zero-order valence-corrected chi connectivity index (χ0v) is 17.1. The van der Waals surface area contributed by atoms with Gasteiger partial charge in [0.2, 0.25) is 0 Å². The zero-order chi connectivity index (χ0) is 20.0. The van der Waals surface area contributed by atoms with E-state index >= 15 is 0 Å². The van der Waals surface area contributed by atoms with Crippen LogP contribution in [0.5, 0.6) is 0 Å². The second-order valence-corrected chi connectivity index (χ2v) is 8.42. The van der Waals surface area contributed by atoms with Gasteiger partial charge in [0.15, 0.2) is 0 Å². The van der Waals surface area contributed by atoms with Gasteiger partial charge in [-0.25, -0.2) is 9.97 Å². The van der Waals surface area contributed by atoms with E-state index < -0.39 is 0 Å². The molecule has 0 saturated carbocycles. The standard InChI is InChI=1S/C23H27N5O/c1-15-18-5-3-4-6-20(18)25-21(15)23(29)28-12-9-19-17(14-28)13-24-22(26-19)16-7-10-27(2)11-8-16/h3-6,13,16,25H,7-12,14H2,1-2H3. The van der Waals surface area contributed by atoms with Crippen molar-refractivity contribution in [2.45, 2.75) is 38.6 Å². The molecule has 3 aromatic rings. The molecular formula is C23H27N5O. The number of hydrogen-bond donors (Lipinski definition) is 1. The molecule has 150 valence electrons. The fourth-order valence-electron chi connectivity index (χ4n) is 4.62. The number of rotatable bonds is 2. The molecule has 0 unspecified atom stereocenters. The van der Waals surface area contributed by atoms with Crippen LogP contribution in [0.15, 0.2) is 30.5 Å². The maximum absolute atomic E-state index is 13.2. The number of hydrogen-bond acceptors (Lipinski definition) is 4. The van der Waals surface area contributed by atoms with Gasteiger partial charge in [-0.2, -0.15) is 0 Å². The predicted molar refractivity (Wildman–Crippen MR) is 113 cm³/mol. The summed E-state index contributed by atoms with van der Waals surface area (Å²) in [7, 11) is 2.17. The van der Waals surface area contributed by atoms with E-state index in [4.69, 9.17) is 4.98 Å². The van der Waals surface area contributed by atoms with Gasteiger partial charge in [0.05, 0.1) is 5.69 Å². The van der Waals surface area contributed by atoms with Crippen LogP contribution in [-0.4, -0.2) is 57.3 Å². The Bertz CT molecular complexity index is 1060. The lowest BCUT2D eigenvalue weighted by molar-refractivity contribution is 0.0727. The number of nitrogens with zero attached hydrogens (tertiary/aromatic N) is 4. The predicted octanol–water partition coefficient (Wildman–Crippen LogP) is 3.27. The molecular weight excluding hydrogens is 362 g/mol. The van der Waals surface area contributed by atoms with Crippen LogP contribution >= 0.6 is 0 Å². The summed E-state index contributed by atoms with van der Waals surface area (Å²) < 4.78 is 0. The molecule has 0 atom stereocenters. The van der Waals surface area contributed by atoms with E-state index in [2.05, 4.69) is 28.0 Å². The first-order chi connectivity index (χ1) is 14.1. The van der Waals surface area contributed by atoms with E-state index in [1.54, 1.807) is 0 Å². The largest absolute Gasteiger partial charge is 0.350 e. The van der Waals surface area contributed by atoms with E-state index in [1.807, 2.05) is 36.2 Å². The monoisotopic (exact) mass is 389 g/mol. The minimum Gasteiger partial charge on any atom is -0.350 e. The topological polar surface area (TPSA) is 65.1 Å². The van der Waals surface area contributed by atoms with Gasteiger partial charge in [-0.05, 0) is 51.5 Å². The van der Waals surface area contributed by atoms with Crippen LogP contribution < -0.4 is 0 Å². The Morgan fingerprint density at radius 3 is 2.76 bits per heavy atom. The normalized spacial score (nSPS) is 18.2. The minimum absolute atomic E-state index is 0.0590. The summed E-state index contributed by atoms with van der Waals surface area (Å²) >= 11 is 0. The summed E-state index contributed by atoms with van der Waals surface area (Å²) in [6, 6.07) is 8.07. The fraction of sp³-hybridized carbons (Fsp3) is 0.435. The average molecular weight is 390 g/mol. The highest BCUT2D eigenvalue weighted by atomic mass is 16.2. The van der Waals surface area contributed by atoms with Crippen molar-refractivity contribution in [3.8, 4) is 0 Å². The molecule has 2 aliphatic heterocycles. The number of benzene rings is 1. The molecule has 2 aliphatic rings. The van der Waals surface area contributed by atoms with Gasteiger partial charge in [-0.1, -0.05) is 18.2 Å². The third-order valence-electron chi connectivity index (χ3n) is 6.50. The van der Waals surface area contributed by atoms with Crippen LogP contribution in [0, 0.1) is 6.92 Å². The van der Waals surface area contributed by atoms with E-state index in [0.717, 1.165) is 65.9 Å². The van der Waals surface area contributed by atoms with Crippen LogP contribution in [-0.2, 0) is 13.0 Å². The lowest BCUT2D eigenvalue weighted by atomic mass is 9.95. The number of piperidine rings is 1. The summed E-state index contributed by atoms with van der Waals surface area (Å²) in [6.45, 7) is 5.51. The number of aryl methyl sites for hydroxylation is 1. The smallest absolute Gasteiger partial charge is 0.270 e. The number of para-hydroxylation sites is 1. The fourth-order valence-corrected chi connectivity index (χ4v) is 4.62. The van der Waals surface area contributed by atoms with Gasteiger partial charge in [0.1, 0.15) is 11.5 Å². The Morgan fingerprint density at radius 2 is 1.97 bits per heavy atom. The lowest BCUT2D eigenvalue weighted by Crippen LogP contribution is -2.37. The maximum Gasteiger partial charge on any atom is 0.270 e. The molecule has 0 spiro atoms. The van der Waals surface area contributed by atoms with Gasteiger partial charge in [0.25, 0.3) is 5.91 Å². The number of likely N-dealkylation sites (tertiary alicyclic amines) is 1. The molecule has 2 aromatic heterocycles. The average Bonchev–Trinajstić information content (AvgIpc) is 3.10. The molecule has 0 radical (unpaired) electrons. The van der Waals surface area contributed by atoms with Crippen molar-refractivity contribution >= 4 is 16.8 Å². The van der Waals surface area contributed by atoms with Gasteiger partial charge >= 0.3 is 0 Å². The minimum atomic E-state index is 0.0590. The van der Waals surface area contributed by atoms with Crippen molar-refractivity contribution in [3.05, 3.63) is 58.8 Å². The molecule has 1 fully saturated rings. The highest BCUT2D eigenvalue weighted by Gasteiger charge is 2.27. The summed E-state index contributed by atoms with van der Waals surface area (Å²) in [4.78, 5) is 30.4. The van der Waals surface area contributed by atoms with Crippen LogP contribution in [0.2, 0.25) is 0 Å². The van der Waals surface area contributed by atoms with Crippen molar-refractivity contribution in [2.75, 3.05) is 26.7 Å². The molecule has 0 bridgehead atoms. The quantitative estimate of drug-likeness (QED) is 0.731. The molecule has 1 amide bonds. The summed E-state index contributed by atoms with van der Waals surface area (Å²) in [5.74, 6) is 1.51. The SMILES string of the molecule is Cc1c(C(=O)N2CCc3nc(C4CCN(C)CC4)ncc3C2)[nH]c2ccccc12. The van der Waals surface area contributed by atoms with Crippen LogP contribution in [0.4, 0.5) is 0 Å². The summed E-state index contributed by atoms with van der Waals surface area (Å²) in [6.07, 6.45) is 5.00. The second-order valence-electron chi connectivity index (χ2n) is 8.42. The molecule has 4 heterocycles. The third-order valence-corrected chi connectivity index (χ3v) is 6.50. The van der Waals surface area contributed by atoms with Crippen LogP contribution in [0.25, 0.3) is 10.9 Å². The van der Waals surface area contributed by atoms with Crippen molar-refractivity contribution in [2.24, 2.45) is 0 Å². The number of H-pyrrole nitrogens is 1. The molecule has 1 N–H and O–H groups in total. The Balaban J connectivity index is 1.35. The van der Waals surface area contributed by atoms with Crippen molar-refractivity contribution in [3.63, 3.8) is 0 Å². The number of fused-ring (bicyclic) bond motifs is 2. The van der Waals surface area contributed by atoms with Crippen LogP contribution in [0.1, 0.15) is 51.9 Å². The van der Waals surface area contributed by atoms with Gasteiger partial charge in [-0.3, -0.25) is 4.79 Å². The first-order valence-corrected chi connectivity index (χ1v) is 10.5. The van der Waals surface area contributed by atoms with Crippen molar-refractivity contribution < 1.29 is 4.79 Å². The first-order valence-electron chi connectivity index (χ1n) is 10.5. The third kappa shape index (κ3) is 3.31. The van der Waals surface area contributed by atoms with E-state index in [1.165, 1.54) is 0 Å². The van der Waals surface area contributed by atoms with Gasteiger partial charge in [-0.15, -0.1) is 0 Å². The lowest BCUT2D eigenvalue weighted by Gasteiger charge is -2.30. The number of carbonyl (C=O) groups is 1.